The third-order valence-corrected chi connectivity index (χ3v) is 5.78. The number of aliphatic hydroxyl groups is 1. The molecule has 4 heteroatoms. The lowest BCUT2D eigenvalue weighted by Crippen LogP contribution is -2.27. The van der Waals surface area contributed by atoms with Crippen LogP contribution in [0.4, 0.5) is 0 Å². The molecule has 0 spiro atoms. The first-order chi connectivity index (χ1) is 16.2. The summed E-state index contributed by atoms with van der Waals surface area (Å²) in [5.74, 6) is -0.219. The van der Waals surface area contributed by atoms with Gasteiger partial charge in [0.1, 0.15) is 6.10 Å². The number of hydrogen-bond acceptors (Lipinski definition) is 4. The van der Waals surface area contributed by atoms with Gasteiger partial charge in [0.25, 0.3) is 0 Å². The molecule has 0 aliphatic carbocycles. The summed E-state index contributed by atoms with van der Waals surface area (Å²) in [5, 5.41) is 9.43. The largest absolute Gasteiger partial charge is 0.457 e. The predicted octanol–water partition coefficient (Wildman–Crippen LogP) is 8.08. The van der Waals surface area contributed by atoms with E-state index in [1.807, 2.05) is 0 Å². The van der Waals surface area contributed by atoms with Gasteiger partial charge in [0, 0.05) is 13.0 Å². The third-order valence-electron chi connectivity index (χ3n) is 5.78. The lowest BCUT2D eigenvalue weighted by molar-refractivity contribution is -0.154. The number of unbranched alkanes of at least 4 members (excludes halogenated alkanes) is 13. The Morgan fingerprint density at radius 1 is 0.727 bits per heavy atom. The van der Waals surface area contributed by atoms with Gasteiger partial charge in [-0.05, 0) is 38.5 Å². The van der Waals surface area contributed by atoms with E-state index in [9.17, 15) is 9.90 Å². The van der Waals surface area contributed by atoms with Gasteiger partial charge in [-0.15, -0.1) is 0 Å². The second-order valence-corrected chi connectivity index (χ2v) is 9.12. The molecule has 0 aromatic rings. The molecule has 1 unspecified atom stereocenters. The van der Waals surface area contributed by atoms with Gasteiger partial charge in [0.05, 0.1) is 13.2 Å². The van der Waals surface area contributed by atoms with Crippen molar-refractivity contribution in [3.63, 3.8) is 0 Å². The van der Waals surface area contributed by atoms with E-state index in [-0.39, 0.29) is 12.6 Å². The Hall–Kier alpha value is -1.13. The van der Waals surface area contributed by atoms with Crippen LogP contribution in [0, 0.1) is 0 Å². The quantitative estimate of drug-likeness (QED) is 0.0839. The summed E-state index contributed by atoms with van der Waals surface area (Å²) >= 11 is 0. The van der Waals surface area contributed by atoms with Crippen LogP contribution in [0.2, 0.25) is 0 Å². The van der Waals surface area contributed by atoms with Crippen LogP contribution in [0.1, 0.15) is 129 Å². The molecular weight excluding hydrogens is 412 g/mol. The maximum absolute atomic E-state index is 12.0. The minimum Gasteiger partial charge on any atom is -0.457 e. The van der Waals surface area contributed by atoms with Crippen LogP contribution in [0.15, 0.2) is 24.3 Å². The first-order valence-electron chi connectivity index (χ1n) is 13.9. The third kappa shape index (κ3) is 25.3. The average molecular weight is 467 g/mol. The number of esters is 1. The lowest BCUT2D eigenvalue weighted by atomic mass is 10.1. The monoisotopic (exact) mass is 466 g/mol. The zero-order valence-electron chi connectivity index (χ0n) is 21.9. The van der Waals surface area contributed by atoms with Gasteiger partial charge in [-0.25, -0.2) is 0 Å². The van der Waals surface area contributed by atoms with Crippen molar-refractivity contribution in [1.29, 1.82) is 0 Å². The van der Waals surface area contributed by atoms with E-state index >= 15 is 0 Å². The molecule has 0 aliphatic heterocycles. The number of hydrogen-bond donors (Lipinski definition) is 1. The SMILES string of the molecule is CCCC/C=C\C/C=C\CCCCCCCC(=O)OC(CO)COCCCCCCCCC. The van der Waals surface area contributed by atoms with E-state index in [0.717, 1.165) is 38.5 Å². The zero-order valence-corrected chi connectivity index (χ0v) is 21.9. The van der Waals surface area contributed by atoms with E-state index in [4.69, 9.17) is 9.47 Å². The molecule has 33 heavy (non-hydrogen) atoms. The van der Waals surface area contributed by atoms with Crippen molar-refractivity contribution in [3.05, 3.63) is 24.3 Å². The highest BCUT2D eigenvalue weighted by atomic mass is 16.6. The Balaban J connectivity index is 3.51. The Morgan fingerprint density at radius 3 is 1.97 bits per heavy atom. The van der Waals surface area contributed by atoms with Gasteiger partial charge in [0.2, 0.25) is 0 Å². The van der Waals surface area contributed by atoms with Crippen LogP contribution < -0.4 is 0 Å². The van der Waals surface area contributed by atoms with E-state index in [2.05, 4.69) is 38.2 Å². The molecule has 0 radical (unpaired) electrons. The van der Waals surface area contributed by atoms with Gasteiger partial charge < -0.3 is 14.6 Å². The molecule has 0 fully saturated rings. The lowest BCUT2D eigenvalue weighted by Gasteiger charge is -2.15. The summed E-state index contributed by atoms with van der Waals surface area (Å²) in [6.07, 6.45) is 29.1. The fourth-order valence-corrected chi connectivity index (χ4v) is 3.64. The second kappa shape index (κ2) is 27.1. The van der Waals surface area contributed by atoms with E-state index in [0.29, 0.717) is 19.6 Å². The Bertz CT molecular complexity index is 459. The summed E-state index contributed by atoms with van der Waals surface area (Å²) in [5.41, 5.74) is 0. The first kappa shape index (κ1) is 31.9. The highest BCUT2D eigenvalue weighted by Crippen LogP contribution is 2.10. The van der Waals surface area contributed by atoms with Crippen molar-refractivity contribution in [1.82, 2.24) is 0 Å². The van der Waals surface area contributed by atoms with Gasteiger partial charge >= 0.3 is 5.97 Å². The molecular formula is C29H54O4. The molecule has 0 rings (SSSR count). The maximum Gasteiger partial charge on any atom is 0.306 e. The molecule has 1 N–H and O–H groups in total. The molecule has 0 aromatic carbocycles. The van der Waals surface area contributed by atoms with Crippen LogP contribution in [-0.2, 0) is 14.3 Å². The summed E-state index contributed by atoms with van der Waals surface area (Å²) in [4.78, 5) is 12.0. The van der Waals surface area contributed by atoms with Crippen molar-refractivity contribution in [2.45, 2.75) is 136 Å². The maximum atomic E-state index is 12.0. The summed E-state index contributed by atoms with van der Waals surface area (Å²) in [6, 6.07) is 0. The van der Waals surface area contributed by atoms with Gasteiger partial charge in [-0.3, -0.25) is 4.79 Å². The van der Waals surface area contributed by atoms with Crippen molar-refractivity contribution in [3.8, 4) is 0 Å². The molecule has 1 atom stereocenters. The normalized spacial score (nSPS) is 12.7. The van der Waals surface area contributed by atoms with Gasteiger partial charge in [0.15, 0.2) is 0 Å². The van der Waals surface area contributed by atoms with E-state index in [1.54, 1.807) is 0 Å². The molecule has 0 amide bonds. The molecule has 0 heterocycles. The minimum absolute atomic E-state index is 0.176. The van der Waals surface area contributed by atoms with Crippen molar-refractivity contribution in [2.75, 3.05) is 19.8 Å². The van der Waals surface area contributed by atoms with Gasteiger partial charge in [-0.2, -0.15) is 0 Å². The molecule has 0 saturated heterocycles. The Kier molecular flexibility index (Phi) is 26.2. The summed E-state index contributed by atoms with van der Waals surface area (Å²) < 4.78 is 11.0. The number of aliphatic hydroxyl groups excluding tert-OH is 1. The standard InChI is InChI=1S/C29H54O4/c1-3-5-7-9-11-12-13-14-15-16-17-18-20-22-24-29(31)33-28(26-30)27-32-25-23-21-19-10-8-6-4-2/h9,11,13-14,28,30H,3-8,10,12,15-27H2,1-2H3/b11-9-,14-13-. The van der Waals surface area contributed by atoms with Crippen LogP contribution >= 0.6 is 0 Å². The van der Waals surface area contributed by atoms with Crippen LogP contribution in [0.3, 0.4) is 0 Å². The number of allylic oxidation sites excluding steroid dienone is 4. The van der Waals surface area contributed by atoms with Crippen LogP contribution in [0.25, 0.3) is 0 Å². The van der Waals surface area contributed by atoms with Crippen molar-refractivity contribution >= 4 is 5.97 Å². The van der Waals surface area contributed by atoms with Crippen molar-refractivity contribution < 1.29 is 19.4 Å². The second-order valence-electron chi connectivity index (χ2n) is 9.12. The topological polar surface area (TPSA) is 55.8 Å². The number of ether oxygens (including phenoxy) is 2. The minimum atomic E-state index is -0.532. The molecule has 0 aliphatic rings. The molecule has 4 nitrogen and oxygen atoms in total. The Morgan fingerprint density at radius 2 is 1.30 bits per heavy atom. The van der Waals surface area contributed by atoms with Crippen LogP contribution in [0.5, 0.6) is 0 Å². The fraction of sp³-hybridized carbons (Fsp3) is 0.828. The molecule has 0 aromatic heterocycles. The van der Waals surface area contributed by atoms with Crippen LogP contribution in [-0.4, -0.2) is 37.0 Å². The summed E-state index contributed by atoms with van der Waals surface area (Å²) in [6.45, 7) is 5.24. The molecule has 194 valence electrons. The van der Waals surface area contributed by atoms with E-state index < -0.39 is 6.10 Å². The average Bonchev–Trinajstić information content (AvgIpc) is 2.82. The number of carbonyl (C=O) groups excluding carboxylic acids is 1. The first-order valence-corrected chi connectivity index (χ1v) is 13.9. The fourth-order valence-electron chi connectivity index (χ4n) is 3.64. The van der Waals surface area contributed by atoms with Crippen molar-refractivity contribution in [2.24, 2.45) is 0 Å². The van der Waals surface area contributed by atoms with E-state index in [1.165, 1.54) is 70.6 Å². The number of rotatable bonds is 25. The highest BCUT2D eigenvalue weighted by molar-refractivity contribution is 5.69. The highest BCUT2D eigenvalue weighted by Gasteiger charge is 2.13. The summed E-state index contributed by atoms with van der Waals surface area (Å²) in [7, 11) is 0. The molecule has 0 saturated carbocycles. The predicted molar refractivity (Wildman–Crippen MR) is 141 cm³/mol. The number of carbonyl (C=O) groups is 1. The zero-order chi connectivity index (χ0) is 24.2. The van der Waals surface area contributed by atoms with Gasteiger partial charge in [-0.1, -0.05) is 109 Å². The Labute approximate surface area is 205 Å². The smallest absolute Gasteiger partial charge is 0.306 e. The molecule has 0 bridgehead atoms.